The average molecular weight is 590 g/mol. The molecule has 0 heterocycles. The maximum atomic E-state index is 10.2. The Bertz CT molecular complexity index is 632. The highest BCUT2D eigenvalue weighted by Gasteiger charge is 2.13. The van der Waals surface area contributed by atoms with Gasteiger partial charge >= 0.3 is 0 Å². The van der Waals surface area contributed by atoms with Crippen LogP contribution in [0.25, 0.3) is 0 Å². The van der Waals surface area contributed by atoms with Crippen LogP contribution in [-0.4, -0.2) is 37.6 Å². The minimum absolute atomic E-state index is 0.208. The van der Waals surface area contributed by atoms with Gasteiger partial charge in [0, 0.05) is 5.97 Å². The van der Waals surface area contributed by atoms with Crippen LogP contribution in [0.3, 0.4) is 0 Å². The van der Waals surface area contributed by atoms with Gasteiger partial charge in [0.2, 0.25) is 0 Å². The maximum absolute atomic E-state index is 10.2. The molecule has 0 aliphatic rings. The number of quaternary nitrogens is 1. The molecule has 0 aliphatic carbocycles. The minimum atomic E-state index is -0.925. The van der Waals surface area contributed by atoms with Crippen LogP contribution in [0.1, 0.15) is 175 Å². The monoisotopic (exact) mass is 590 g/mol. The van der Waals surface area contributed by atoms with Crippen LogP contribution >= 0.6 is 0 Å². The highest BCUT2D eigenvalue weighted by Crippen LogP contribution is 2.13. The summed E-state index contributed by atoms with van der Waals surface area (Å²) in [7, 11) is 4.85. The van der Waals surface area contributed by atoms with E-state index in [1.54, 1.807) is 0 Å². The third kappa shape index (κ3) is 40.8. The molecule has 3 heteroatoms. The van der Waals surface area contributed by atoms with Crippen LogP contribution in [0.5, 0.6) is 0 Å². The SMILES string of the molecule is CC/C=C\C/C=C\C/C=C\CCCCCCCC(=O)[O-].CCCCCCCCCC[N+](C)(C)CCCCCCC(C)C. The lowest BCUT2D eigenvalue weighted by atomic mass is 10.0. The fourth-order valence-corrected chi connectivity index (χ4v) is 5.12. The largest absolute Gasteiger partial charge is 0.550 e. The lowest BCUT2D eigenvalue weighted by Gasteiger charge is -2.30. The zero-order valence-electron chi connectivity index (χ0n) is 29.5. The van der Waals surface area contributed by atoms with E-state index in [4.69, 9.17) is 0 Å². The average Bonchev–Trinajstić information content (AvgIpc) is 2.94. The highest BCUT2D eigenvalue weighted by molar-refractivity contribution is 5.64. The molecular weight excluding hydrogens is 514 g/mol. The van der Waals surface area contributed by atoms with Crippen molar-refractivity contribution >= 4 is 5.97 Å². The number of carboxylic acid groups (broad SMARTS) is 1. The molecule has 3 nitrogen and oxygen atoms in total. The molecule has 0 saturated carbocycles. The normalized spacial score (nSPS) is 12.2. The number of carbonyl (C=O) groups is 1. The van der Waals surface area contributed by atoms with Crippen molar-refractivity contribution < 1.29 is 14.4 Å². The van der Waals surface area contributed by atoms with E-state index in [1.165, 1.54) is 114 Å². The van der Waals surface area contributed by atoms with Crippen LogP contribution < -0.4 is 5.11 Å². The standard InChI is InChI=1S/C21H46N.C18H30O2/c1-6-7-8-9-10-11-13-16-19-22(4,5)20-17-14-12-15-18-21(2)3;1-2-3-4-5-6-7-8-9-10-11-12-13-14-15-16-17-18(19)20/h21H,6-20H2,1-5H3;3-4,6-7,9-10H,2,5,8,11-17H2,1H3,(H,19,20)/q+1;/p-1/b;4-3-,7-6-,10-9-. The lowest BCUT2D eigenvalue weighted by Crippen LogP contribution is -2.41. The van der Waals surface area contributed by atoms with E-state index in [2.05, 4.69) is 78.2 Å². The van der Waals surface area contributed by atoms with Crippen LogP contribution in [0.15, 0.2) is 36.5 Å². The van der Waals surface area contributed by atoms with Gasteiger partial charge in [0.05, 0.1) is 27.2 Å². The molecule has 0 radical (unpaired) electrons. The van der Waals surface area contributed by atoms with Gasteiger partial charge in [0.15, 0.2) is 0 Å². The zero-order chi connectivity index (χ0) is 31.6. The highest BCUT2D eigenvalue weighted by atomic mass is 16.4. The molecule has 0 spiro atoms. The van der Waals surface area contributed by atoms with Crippen LogP contribution in [0.4, 0.5) is 0 Å². The third-order valence-corrected chi connectivity index (χ3v) is 7.94. The Hall–Kier alpha value is -1.35. The molecule has 0 rings (SSSR count). The first-order valence-electron chi connectivity index (χ1n) is 18.2. The molecular formula is C39H75NO2. The number of carboxylic acids is 1. The van der Waals surface area contributed by atoms with E-state index < -0.39 is 5.97 Å². The van der Waals surface area contributed by atoms with E-state index >= 15 is 0 Å². The summed E-state index contributed by atoms with van der Waals surface area (Å²) in [6, 6.07) is 0. The quantitative estimate of drug-likeness (QED) is 0.0494. The topological polar surface area (TPSA) is 40.1 Å². The van der Waals surface area contributed by atoms with E-state index in [9.17, 15) is 9.90 Å². The predicted octanol–water partition coefficient (Wildman–Crippen LogP) is 11.1. The van der Waals surface area contributed by atoms with E-state index in [0.29, 0.717) is 0 Å². The molecule has 42 heavy (non-hydrogen) atoms. The first kappa shape index (κ1) is 42.8. The van der Waals surface area contributed by atoms with Crippen molar-refractivity contribution in [2.75, 3.05) is 27.2 Å². The van der Waals surface area contributed by atoms with Gasteiger partial charge in [-0.1, -0.05) is 141 Å². The van der Waals surface area contributed by atoms with E-state index in [0.717, 1.165) is 50.9 Å². The number of hydrogen-bond acceptors (Lipinski definition) is 2. The number of hydrogen-bond donors (Lipinski definition) is 0. The molecule has 0 saturated heterocycles. The molecule has 0 fully saturated rings. The summed E-state index contributed by atoms with van der Waals surface area (Å²) in [4.78, 5) is 10.2. The zero-order valence-corrected chi connectivity index (χ0v) is 29.5. The third-order valence-electron chi connectivity index (χ3n) is 7.94. The summed E-state index contributed by atoms with van der Waals surface area (Å²) < 4.78 is 1.24. The van der Waals surface area contributed by atoms with Crippen molar-refractivity contribution in [3.05, 3.63) is 36.5 Å². The smallest absolute Gasteiger partial charge is 0.0782 e. The van der Waals surface area contributed by atoms with Crippen molar-refractivity contribution in [3.63, 3.8) is 0 Å². The number of allylic oxidation sites excluding steroid dienone is 6. The van der Waals surface area contributed by atoms with E-state index in [1.807, 2.05) is 0 Å². The Kier molecular flexibility index (Phi) is 34.8. The van der Waals surface area contributed by atoms with Gasteiger partial charge in [-0.2, -0.15) is 0 Å². The molecule has 0 aromatic carbocycles. The van der Waals surface area contributed by atoms with Gasteiger partial charge in [-0.05, 0) is 76.5 Å². The van der Waals surface area contributed by atoms with Crippen molar-refractivity contribution in [1.29, 1.82) is 0 Å². The fourth-order valence-electron chi connectivity index (χ4n) is 5.12. The summed E-state index contributed by atoms with van der Waals surface area (Å²) in [5, 5.41) is 10.2. The molecule has 0 amide bonds. The number of nitrogens with zero attached hydrogens (tertiary/aromatic N) is 1. The Morgan fingerprint density at radius 3 is 1.57 bits per heavy atom. The van der Waals surface area contributed by atoms with Crippen molar-refractivity contribution in [2.45, 2.75) is 175 Å². The van der Waals surface area contributed by atoms with Crippen molar-refractivity contribution in [1.82, 2.24) is 0 Å². The Labute approximate surface area is 264 Å². The Morgan fingerprint density at radius 1 is 0.595 bits per heavy atom. The van der Waals surface area contributed by atoms with Gasteiger partial charge in [-0.25, -0.2) is 0 Å². The van der Waals surface area contributed by atoms with Gasteiger partial charge in [-0.15, -0.1) is 0 Å². The Morgan fingerprint density at radius 2 is 1.05 bits per heavy atom. The van der Waals surface area contributed by atoms with Crippen molar-refractivity contribution in [2.24, 2.45) is 5.92 Å². The number of rotatable bonds is 29. The lowest BCUT2D eigenvalue weighted by molar-refractivity contribution is -0.890. The van der Waals surface area contributed by atoms with Gasteiger partial charge < -0.3 is 14.4 Å². The maximum Gasteiger partial charge on any atom is 0.0782 e. The molecule has 0 N–H and O–H groups in total. The summed E-state index contributed by atoms with van der Waals surface area (Å²) in [5.41, 5.74) is 0. The second kappa shape index (κ2) is 34.1. The van der Waals surface area contributed by atoms with Crippen LogP contribution in [-0.2, 0) is 4.79 Å². The summed E-state index contributed by atoms with van der Waals surface area (Å²) in [6.07, 6.45) is 41.7. The first-order chi connectivity index (χ1) is 20.2. The minimum Gasteiger partial charge on any atom is -0.550 e. The molecule has 0 aromatic rings. The van der Waals surface area contributed by atoms with Gasteiger partial charge in [0.25, 0.3) is 0 Å². The molecule has 0 bridgehead atoms. The molecule has 0 unspecified atom stereocenters. The predicted molar refractivity (Wildman–Crippen MR) is 187 cm³/mol. The second-order valence-corrected chi connectivity index (χ2v) is 13.4. The number of aliphatic carboxylic acids is 1. The summed E-state index contributed by atoms with van der Waals surface area (Å²) in [6.45, 7) is 11.9. The molecule has 0 aliphatic heterocycles. The van der Waals surface area contributed by atoms with Crippen LogP contribution in [0, 0.1) is 5.92 Å². The van der Waals surface area contributed by atoms with Gasteiger partial charge in [0.1, 0.15) is 0 Å². The molecule has 248 valence electrons. The van der Waals surface area contributed by atoms with Crippen molar-refractivity contribution in [3.8, 4) is 0 Å². The van der Waals surface area contributed by atoms with Crippen LogP contribution in [0.2, 0.25) is 0 Å². The molecule has 0 aromatic heterocycles. The summed E-state index contributed by atoms with van der Waals surface area (Å²) >= 11 is 0. The Balaban J connectivity index is 0. The fraction of sp³-hybridized carbons (Fsp3) is 0.821. The number of carbonyl (C=O) groups excluding carboxylic acids is 1. The number of unbranched alkanes of at least 4 members (excludes halogenated alkanes) is 15. The summed E-state index contributed by atoms with van der Waals surface area (Å²) in [5.74, 6) is -0.0413. The van der Waals surface area contributed by atoms with Gasteiger partial charge in [-0.3, -0.25) is 0 Å². The van der Waals surface area contributed by atoms with E-state index in [-0.39, 0.29) is 6.42 Å². The molecule has 0 atom stereocenters. The first-order valence-corrected chi connectivity index (χ1v) is 18.2. The second-order valence-electron chi connectivity index (χ2n) is 13.4.